The fraction of sp³-hybridized carbons (Fsp3) is 0.611. The van der Waals surface area contributed by atoms with Crippen LogP contribution in [0.5, 0.6) is 0 Å². The number of rotatable bonds is 7. The molecule has 2 N–H and O–H groups in total. The summed E-state index contributed by atoms with van der Waals surface area (Å²) in [5, 5.41) is 5.78. The number of nitrogens with one attached hydrogen (secondary N) is 2. The van der Waals surface area contributed by atoms with Gasteiger partial charge in [0.2, 0.25) is 0 Å². The highest BCUT2D eigenvalue weighted by Crippen LogP contribution is 2.24. The fourth-order valence-corrected chi connectivity index (χ4v) is 2.88. The lowest BCUT2D eigenvalue weighted by atomic mass is 9.86. The van der Waals surface area contributed by atoms with Crippen LogP contribution < -0.4 is 10.6 Å². The van der Waals surface area contributed by atoms with Crippen LogP contribution in [0.2, 0.25) is 0 Å². The second-order valence-corrected chi connectivity index (χ2v) is 6.46. The number of carbonyl (C=O) groups excluding carboxylic acids is 1. The van der Waals surface area contributed by atoms with Crippen LogP contribution in [0.15, 0.2) is 30.3 Å². The fourth-order valence-electron chi connectivity index (χ4n) is 2.88. The van der Waals surface area contributed by atoms with E-state index < -0.39 is 18.6 Å². The van der Waals surface area contributed by atoms with Gasteiger partial charge in [-0.05, 0) is 50.6 Å². The number of ether oxygens (including phenoxy) is 1. The van der Waals surface area contributed by atoms with E-state index in [0.717, 1.165) is 31.2 Å². The number of alkyl halides is 2. The second-order valence-electron chi connectivity index (χ2n) is 6.46. The molecule has 0 bridgehead atoms. The van der Waals surface area contributed by atoms with Gasteiger partial charge in [0.05, 0.1) is 6.04 Å². The summed E-state index contributed by atoms with van der Waals surface area (Å²) in [5.74, 6) is 0.393. The Bertz CT molecular complexity index is 501. The van der Waals surface area contributed by atoms with Crippen LogP contribution in [0.4, 0.5) is 13.6 Å². The van der Waals surface area contributed by atoms with Gasteiger partial charge in [0.25, 0.3) is 6.43 Å². The van der Waals surface area contributed by atoms with Gasteiger partial charge in [-0.2, -0.15) is 0 Å². The Morgan fingerprint density at radius 2 is 1.92 bits per heavy atom. The van der Waals surface area contributed by atoms with Gasteiger partial charge in [-0.1, -0.05) is 30.3 Å². The Kier molecular flexibility index (Phi) is 7.43. The van der Waals surface area contributed by atoms with E-state index in [-0.39, 0.29) is 15.5 Å². The quantitative estimate of drug-likeness (QED) is 0.779. The number of hydrogen-bond donors (Lipinski definition) is 2. The third kappa shape index (κ3) is 6.43. The lowest BCUT2D eigenvalue weighted by Gasteiger charge is -2.29. The molecule has 6 heteroatoms. The third-order valence-electron chi connectivity index (χ3n) is 4.49. The third-order valence-corrected chi connectivity index (χ3v) is 4.49. The van der Waals surface area contributed by atoms with Crippen LogP contribution in [-0.4, -0.2) is 31.1 Å². The first-order valence-electron chi connectivity index (χ1n) is 8.53. The molecule has 1 aromatic carbocycles. The number of carbonyl (C=O) groups is 1. The van der Waals surface area contributed by atoms with Gasteiger partial charge in [0.15, 0.2) is 0 Å². The molecule has 0 saturated heterocycles. The average molecular weight is 344 g/mol. The van der Waals surface area contributed by atoms with Crippen LogP contribution in [0.25, 0.3) is 0 Å². The van der Waals surface area contributed by atoms with Gasteiger partial charge < -0.3 is 15.4 Å². The molecule has 1 amide bonds. The van der Waals surface area contributed by atoms with Crippen molar-refractivity contribution < 1.29 is 21.2 Å². The Labute approximate surface area is 144 Å². The van der Waals surface area contributed by atoms with E-state index in [1.165, 1.54) is 6.92 Å². The molecule has 138 valence electrons. The summed E-state index contributed by atoms with van der Waals surface area (Å²) in [5.41, 5.74) is 0.954. The number of amides is 1. The van der Waals surface area contributed by atoms with Gasteiger partial charge in [-0.3, -0.25) is 0 Å². The second kappa shape index (κ2) is 9.57. The van der Waals surface area contributed by atoms with E-state index in [4.69, 9.17) is 4.74 Å². The van der Waals surface area contributed by atoms with Crippen molar-refractivity contribution in [3.63, 3.8) is 0 Å². The predicted octanol–water partition coefficient (Wildman–Crippen LogP) is 4.21. The van der Waals surface area contributed by atoms with Crippen LogP contribution >= 0.6 is 0 Å². The normalized spacial score (nSPS) is 22.2. The maximum Gasteiger partial charge on any atom is 0.407 e. The minimum Gasteiger partial charge on any atom is -0.445 e. The van der Waals surface area contributed by atoms with E-state index in [1.54, 1.807) is 0 Å². The number of hydrogen-bond acceptors (Lipinski definition) is 3. The lowest BCUT2D eigenvalue weighted by Crippen LogP contribution is -2.41. The highest BCUT2D eigenvalue weighted by Gasteiger charge is 2.24. The molecule has 1 aromatic rings. The summed E-state index contributed by atoms with van der Waals surface area (Å²) in [4.78, 5) is 11.8. The van der Waals surface area contributed by atoms with Crippen LogP contribution in [0.3, 0.4) is 0 Å². The summed E-state index contributed by atoms with van der Waals surface area (Å²) in [6.45, 7) is 2.37. The Hall–Kier alpha value is -1.69. The van der Waals surface area contributed by atoms with Crippen molar-refractivity contribution in [2.45, 2.75) is 57.7 Å². The van der Waals surface area contributed by atoms with E-state index in [2.05, 4.69) is 10.6 Å². The first kappa shape index (κ1) is 18.6. The first-order chi connectivity index (χ1) is 11.5. The minimum absolute atomic E-state index is 0. The minimum atomic E-state index is -2.33. The molecule has 0 spiro atoms. The van der Waals surface area contributed by atoms with E-state index in [9.17, 15) is 13.6 Å². The van der Waals surface area contributed by atoms with E-state index in [1.807, 2.05) is 30.3 Å². The predicted molar refractivity (Wildman–Crippen MR) is 93.2 cm³/mol. The Balaban J connectivity index is 0.00000312. The molecule has 1 saturated carbocycles. The van der Waals surface area contributed by atoms with Crippen molar-refractivity contribution in [1.82, 2.24) is 10.6 Å². The van der Waals surface area contributed by atoms with Gasteiger partial charge in [0, 0.05) is 8.90 Å². The van der Waals surface area contributed by atoms with Crippen LogP contribution in [0.1, 0.15) is 41.0 Å². The molecule has 4 nitrogen and oxygen atoms in total. The summed E-state index contributed by atoms with van der Waals surface area (Å²) >= 11 is 0. The molecule has 1 fully saturated rings. The maximum absolute atomic E-state index is 12.5. The smallest absolute Gasteiger partial charge is 0.407 e. The molecule has 0 aliphatic heterocycles. The molecule has 0 heterocycles. The van der Waals surface area contributed by atoms with E-state index in [0.29, 0.717) is 12.5 Å². The summed E-state index contributed by atoms with van der Waals surface area (Å²) in [6.07, 6.45) is 0.833. The zero-order valence-corrected chi connectivity index (χ0v) is 14.0. The lowest BCUT2D eigenvalue weighted by molar-refractivity contribution is 0.101. The standard InChI is InChI=1S/C18H26F2N2O2.2H2/c1-13(17(19)20)21-11-14-7-9-16(10-8-14)22-18(23)24-12-15-5-3-2-4-6-15;;/h2-6,13-14,16-17,21H,7-12H2,1H3,(H,22,23);2*1H. The molecular weight excluding hydrogens is 314 g/mol. The van der Waals surface area contributed by atoms with Crippen molar-refractivity contribution >= 4 is 6.09 Å². The molecule has 24 heavy (non-hydrogen) atoms. The van der Waals surface area contributed by atoms with Gasteiger partial charge in [-0.15, -0.1) is 0 Å². The largest absolute Gasteiger partial charge is 0.445 e. The highest BCUT2D eigenvalue weighted by atomic mass is 19.3. The number of halogens is 2. The summed E-state index contributed by atoms with van der Waals surface area (Å²) in [6, 6.07) is 8.88. The number of benzene rings is 1. The highest BCUT2D eigenvalue weighted by molar-refractivity contribution is 5.67. The van der Waals surface area contributed by atoms with Crippen LogP contribution in [-0.2, 0) is 11.3 Å². The molecule has 0 aromatic heterocycles. The molecule has 1 aliphatic carbocycles. The van der Waals surface area contributed by atoms with Crippen molar-refractivity contribution in [3.05, 3.63) is 35.9 Å². The Morgan fingerprint density at radius 1 is 1.25 bits per heavy atom. The molecule has 0 radical (unpaired) electrons. The summed E-state index contributed by atoms with van der Waals surface area (Å²) in [7, 11) is 0. The van der Waals surface area contributed by atoms with Gasteiger partial charge in [0.1, 0.15) is 6.61 Å². The molecule has 1 aliphatic rings. The molecule has 2 rings (SSSR count). The van der Waals surface area contributed by atoms with Crippen molar-refractivity contribution in [1.29, 1.82) is 0 Å². The Morgan fingerprint density at radius 3 is 2.54 bits per heavy atom. The average Bonchev–Trinajstić information content (AvgIpc) is 2.60. The van der Waals surface area contributed by atoms with Crippen molar-refractivity contribution in [3.8, 4) is 0 Å². The molecule has 1 atom stereocenters. The van der Waals surface area contributed by atoms with Gasteiger partial charge in [-0.25, -0.2) is 13.6 Å². The van der Waals surface area contributed by atoms with Crippen molar-refractivity contribution in [2.75, 3.05) is 6.54 Å². The van der Waals surface area contributed by atoms with Gasteiger partial charge >= 0.3 is 6.09 Å². The SMILES string of the molecule is CC(NCC1CCC(NC(=O)OCc2ccccc2)CC1)C(F)F.[HH].[HH]. The monoisotopic (exact) mass is 344 g/mol. The van der Waals surface area contributed by atoms with Crippen molar-refractivity contribution in [2.24, 2.45) is 5.92 Å². The molecule has 1 unspecified atom stereocenters. The topological polar surface area (TPSA) is 50.4 Å². The number of alkyl carbamates (subject to hydrolysis) is 1. The van der Waals surface area contributed by atoms with E-state index >= 15 is 0 Å². The molecular formula is C18H30F2N2O2. The summed E-state index contributed by atoms with van der Waals surface area (Å²) < 4.78 is 30.1. The zero-order valence-electron chi connectivity index (χ0n) is 14.0. The maximum atomic E-state index is 12.5. The first-order valence-corrected chi connectivity index (χ1v) is 8.53. The van der Waals surface area contributed by atoms with Crippen LogP contribution in [0, 0.1) is 5.92 Å². The zero-order chi connectivity index (χ0) is 17.4.